The smallest absolute Gasteiger partial charge is 0.319 e. The third-order valence-electron chi connectivity index (χ3n) is 6.66. The molecule has 0 bridgehead atoms. The standard InChI is InChI=1S/C26H31N5O2/c1-18-4-7-22(15-24(18)30-26(33)29-23-3-2-12-28-17-23)25(32)31-13-10-21(11-14-31)20-8-5-19(16-27)6-9-20/h4-9,15,21,23,28H,2-3,10-14,17H2,1H3,(H2,29,30,33). The summed E-state index contributed by atoms with van der Waals surface area (Å²) in [6.45, 7) is 5.08. The number of nitrogens with zero attached hydrogens (tertiary/aromatic N) is 2. The molecule has 0 spiro atoms. The molecule has 2 aliphatic heterocycles. The fourth-order valence-electron chi connectivity index (χ4n) is 4.64. The maximum Gasteiger partial charge on any atom is 0.319 e. The number of aryl methyl sites for hydroxylation is 1. The van der Waals surface area contributed by atoms with Gasteiger partial charge in [-0.15, -0.1) is 0 Å². The molecule has 0 aromatic heterocycles. The first kappa shape index (κ1) is 22.8. The van der Waals surface area contributed by atoms with Gasteiger partial charge in [0, 0.05) is 36.9 Å². The van der Waals surface area contributed by atoms with Gasteiger partial charge in [-0.2, -0.15) is 5.26 Å². The fraction of sp³-hybridized carbons (Fsp3) is 0.423. The van der Waals surface area contributed by atoms with Crippen LogP contribution in [0.1, 0.15) is 58.6 Å². The minimum Gasteiger partial charge on any atom is -0.339 e. The van der Waals surface area contributed by atoms with Gasteiger partial charge >= 0.3 is 6.03 Å². The summed E-state index contributed by atoms with van der Waals surface area (Å²) in [5, 5.41) is 18.2. The number of hydrogen-bond donors (Lipinski definition) is 3. The highest BCUT2D eigenvalue weighted by atomic mass is 16.2. The van der Waals surface area contributed by atoms with Crippen molar-refractivity contribution in [2.24, 2.45) is 0 Å². The second kappa shape index (κ2) is 10.5. The third-order valence-corrected chi connectivity index (χ3v) is 6.66. The Bertz CT molecular complexity index is 1030. The molecule has 4 rings (SSSR count). The van der Waals surface area contributed by atoms with Gasteiger partial charge in [-0.25, -0.2) is 4.79 Å². The van der Waals surface area contributed by atoms with Crippen molar-refractivity contribution in [3.05, 3.63) is 64.7 Å². The van der Waals surface area contributed by atoms with Gasteiger partial charge in [-0.05, 0) is 80.5 Å². The average molecular weight is 446 g/mol. The molecule has 2 saturated heterocycles. The number of nitrogens with one attached hydrogen (secondary N) is 3. The number of carbonyl (C=O) groups is 2. The Morgan fingerprint density at radius 3 is 2.52 bits per heavy atom. The van der Waals surface area contributed by atoms with E-state index in [1.54, 1.807) is 6.07 Å². The zero-order valence-electron chi connectivity index (χ0n) is 19.1. The average Bonchev–Trinajstić information content (AvgIpc) is 2.86. The zero-order valence-corrected chi connectivity index (χ0v) is 19.1. The van der Waals surface area contributed by atoms with E-state index >= 15 is 0 Å². The molecule has 1 unspecified atom stereocenters. The minimum atomic E-state index is -0.236. The van der Waals surface area contributed by atoms with Crippen molar-refractivity contribution >= 4 is 17.6 Å². The lowest BCUT2D eigenvalue weighted by Gasteiger charge is -2.32. The van der Waals surface area contributed by atoms with E-state index in [1.807, 2.05) is 48.2 Å². The normalized spacial score (nSPS) is 18.9. The second-order valence-electron chi connectivity index (χ2n) is 8.97. The highest BCUT2D eigenvalue weighted by Gasteiger charge is 2.25. The van der Waals surface area contributed by atoms with E-state index in [-0.39, 0.29) is 18.0 Å². The Labute approximate surface area is 195 Å². The number of hydrogen-bond acceptors (Lipinski definition) is 4. The van der Waals surface area contributed by atoms with Crippen LogP contribution in [0, 0.1) is 18.3 Å². The maximum absolute atomic E-state index is 13.1. The number of nitriles is 1. The summed E-state index contributed by atoms with van der Waals surface area (Å²) in [4.78, 5) is 27.5. The van der Waals surface area contributed by atoms with Crippen LogP contribution < -0.4 is 16.0 Å². The number of urea groups is 1. The van der Waals surface area contributed by atoms with Crippen LogP contribution in [0.4, 0.5) is 10.5 Å². The third kappa shape index (κ3) is 5.71. The second-order valence-corrected chi connectivity index (χ2v) is 8.97. The predicted octanol–water partition coefficient (Wildman–Crippen LogP) is 3.76. The van der Waals surface area contributed by atoms with Gasteiger partial charge in [0.05, 0.1) is 11.6 Å². The van der Waals surface area contributed by atoms with E-state index in [4.69, 9.17) is 5.26 Å². The number of carbonyl (C=O) groups excluding carboxylic acids is 2. The molecule has 2 aromatic rings. The first-order valence-corrected chi connectivity index (χ1v) is 11.7. The molecule has 2 aliphatic rings. The largest absolute Gasteiger partial charge is 0.339 e. The van der Waals surface area contributed by atoms with Gasteiger partial charge < -0.3 is 20.9 Å². The molecule has 172 valence electrons. The molecule has 7 heteroatoms. The molecular weight excluding hydrogens is 414 g/mol. The van der Waals surface area contributed by atoms with Crippen molar-refractivity contribution in [2.45, 2.75) is 44.6 Å². The summed E-state index contributed by atoms with van der Waals surface area (Å²) in [5.74, 6) is 0.392. The van der Waals surface area contributed by atoms with Crippen LogP contribution in [0.15, 0.2) is 42.5 Å². The number of likely N-dealkylation sites (tertiary alicyclic amines) is 1. The Morgan fingerprint density at radius 2 is 1.85 bits per heavy atom. The monoisotopic (exact) mass is 445 g/mol. The van der Waals surface area contributed by atoms with Gasteiger partial charge in [-0.1, -0.05) is 18.2 Å². The van der Waals surface area contributed by atoms with Gasteiger partial charge in [0.15, 0.2) is 0 Å². The van der Waals surface area contributed by atoms with Crippen LogP contribution in [0.3, 0.4) is 0 Å². The van der Waals surface area contributed by atoms with E-state index < -0.39 is 0 Å². The number of benzene rings is 2. The van der Waals surface area contributed by atoms with E-state index in [1.165, 1.54) is 5.56 Å². The quantitative estimate of drug-likeness (QED) is 0.668. The Kier molecular flexibility index (Phi) is 7.26. The fourth-order valence-corrected chi connectivity index (χ4v) is 4.64. The molecule has 3 N–H and O–H groups in total. The van der Waals surface area contributed by atoms with Crippen LogP contribution in [0.2, 0.25) is 0 Å². The van der Waals surface area contributed by atoms with Crippen molar-refractivity contribution in [2.75, 3.05) is 31.5 Å². The van der Waals surface area contributed by atoms with Crippen LogP contribution in [0.5, 0.6) is 0 Å². The molecule has 0 aliphatic carbocycles. The lowest BCUT2D eigenvalue weighted by atomic mass is 9.89. The SMILES string of the molecule is Cc1ccc(C(=O)N2CCC(c3ccc(C#N)cc3)CC2)cc1NC(=O)NC1CCCNC1. The Balaban J connectivity index is 1.35. The highest BCUT2D eigenvalue weighted by molar-refractivity contribution is 5.97. The van der Waals surface area contributed by atoms with Crippen molar-refractivity contribution in [1.29, 1.82) is 5.26 Å². The van der Waals surface area contributed by atoms with E-state index in [0.717, 1.165) is 44.3 Å². The topological polar surface area (TPSA) is 97.3 Å². The predicted molar refractivity (Wildman–Crippen MR) is 128 cm³/mol. The number of rotatable bonds is 4. The lowest BCUT2D eigenvalue weighted by molar-refractivity contribution is 0.0713. The first-order valence-electron chi connectivity index (χ1n) is 11.7. The summed E-state index contributed by atoms with van der Waals surface area (Å²) in [5.41, 5.74) is 4.06. The summed E-state index contributed by atoms with van der Waals surface area (Å²) in [6, 6.07) is 15.3. The van der Waals surface area contributed by atoms with Crippen LogP contribution in [0.25, 0.3) is 0 Å². The van der Waals surface area contributed by atoms with E-state index in [0.29, 0.717) is 35.8 Å². The first-order chi connectivity index (χ1) is 16.0. The highest BCUT2D eigenvalue weighted by Crippen LogP contribution is 2.29. The lowest BCUT2D eigenvalue weighted by Crippen LogP contribution is -2.47. The van der Waals surface area contributed by atoms with Crippen molar-refractivity contribution in [3.63, 3.8) is 0 Å². The Morgan fingerprint density at radius 1 is 1.09 bits per heavy atom. The molecule has 0 radical (unpaired) electrons. The number of anilines is 1. The molecule has 3 amide bonds. The molecule has 2 heterocycles. The molecular formula is C26H31N5O2. The van der Waals surface area contributed by atoms with Crippen molar-refractivity contribution in [3.8, 4) is 6.07 Å². The van der Waals surface area contributed by atoms with Gasteiger partial charge in [0.2, 0.25) is 0 Å². The molecule has 0 saturated carbocycles. The van der Waals surface area contributed by atoms with Crippen LogP contribution in [-0.4, -0.2) is 49.1 Å². The molecule has 2 aromatic carbocycles. The maximum atomic E-state index is 13.1. The van der Waals surface area contributed by atoms with Crippen LogP contribution >= 0.6 is 0 Å². The summed E-state index contributed by atoms with van der Waals surface area (Å²) < 4.78 is 0. The Hall–Kier alpha value is -3.37. The van der Waals surface area contributed by atoms with Gasteiger partial charge in [-0.3, -0.25) is 4.79 Å². The number of amides is 3. The van der Waals surface area contributed by atoms with E-state index in [2.05, 4.69) is 22.0 Å². The molecule has 7 nitrogen and oxygen atoms in total. The van der Waals surface area contributed by atoms with Gasteiger partial charge in [0.25, 0.3) is 5.91 Å². The van der Waals surface area contributed by atoms with Crippen molar-refractivity contribution < 1.29 is 9.59 Å². The molecule has 1 atom stereocenters. The van der Waals surface area contributed by atoms with Crippen LogP contribution in [-0.2, 0) is 0 Å². The molecule has 2 fully saturated rings. The van der Waals surface area contributed by atoms with Crippen molar-refractivity contribution in [1.82, 2.24) is 15.5 Å². The van der Waals surface area contributed by atoms with E-state index in [9.17, 15) is 9.59 Å². The zero-order chi connectivity index (χ0) is 23.2. The minimum absolute atomic E-state index is 0.00628. The summed E-state index contributed by atoms with van der Waals surface area (Å²) in [6.07, 6.45) is 3.81. The number of piperidine rings is 2. The summed E-state index contributed by atoms with van der Waals surface area (Å²) in [7, 11) is 0. The summed E-state index contributed by atoms with van der Waals surface area (Å²) >= 11 is 0. The molecule has 33 heavy (non-hydrogen) atoms. The van der Waals surface area contributed by atoms with Gasteiger partial charge in [0.1, 0.15) is 0 Å².